The summed E-state index contributed by atoms with van der Waals surface area (Å²) in [6, 6.07) is 7.60. The third kappa shape index (κ3) is 2.93. The van der Waals surface area contributed by atoms with Crippen molar-refractivity contribution in [1.82, 2.24) is 10.1 Å². The Morgan fingerprint density at radius 2 is 2.11 bits per heavy atom. The second-order valence-corrected chi connectivity index (χ2v) is 4.60. The lowest BCUT2D eigenvalue weighted by Gasteiger charge is -2.16. The van der Waals surface area contributed by atoms with Gasteiger partial charge in [0.05, 0.1) is 6.61 Å². The molecule has 0 saturated heterocycles. The van der Waals surface area contributed by atoms with Gasteiger partial charge in [-0.3, -0.25) is 0 Å². The van der Waals surface area contributed by atoms with E-state index < -0.39 is 5.60 Å². The van der Waals surface area contributed by atoms with Gasteiger partial charge in [-0.05, 0) is 32.9 Å². The molecule has 0 fully saturated rings. The van der Waals surface area contributed by atoms with Gasteiger partial charge in [0.1, 0.15) is 11.4 Å². The number of aromatic nitrogens is 2. The lowest BCUT2D eigenvalue weighted by Crippen LogP contribution is -2.19. The first-order chi connectivity index (χ1) is 9.06. The van der Waals surface area contributed by atoms with Crippen molar-refractivity contribution >= 4 is 0 Å². The van der Waals surface area contributed by atoms with E-state index in [0.717, 1.165) is 11.3 Å². The first-order valence-corrected chi connectivity index (χ1v) is 6.19. The maximum Gasteiger partial charge on any atom is 0.258 e. The van der Waals surface area contributed by atoms with Gasteiger partial charge in [-0.2, -0.15) is 4.98 Å². The Kier molecular flexibility index (Phi) is 3.85. The van der Waals surface area contributed by atoms with Crippen LogP contribution in [0.2, 0.25) is 0 Å². The van der Waals surface area contributed by atoms with E-state index in [1.165, 1.54) is 0 Å². The molecule has 1 heterocycles. The van der Waals surface area contributed by atoms with Crippen LogP contribution in [0.5, 0.6) is 5.75 Å². The van der Waals surface area contributed by atoms with Crippen LogP contribution >= 0.6 is 0 Å². The molecule has 2 rings (SSSR count). The standard InChI is InChI=1S/C14H18N2O3/c1-5-18-11-8-6-7-10(9-11)12-15-13(19-16-12)14(2,3)17-4/h6-9H,5H2,1-4H3. The topological polar surface area (TPSA) is 57.4 Å². The average Bonchev–Trinajstić information content (AvgIpc) is 2.90. The van der Waals surface area contributed by atoms with E-state index in [4.69, 9.17) is 14.0 Å². The summed E-state index contributed by atoms with van der Waals surface area (Å²) in [6.45, 7) is 6.32. The fourth-order valence-electron chi connectivity index (χ4n) is 1.56. The van der Waals surface area contributed by atoms with Gasteiger partial charge in [0, 0.05) is 12.7 Å². The van der Waals surface area contributed by atoms with E-state index in [-0.39, 0.29) is 0 Å². The zero-order chi connectivity index (χ0) is 13.9. The maximum absolute atomic E-state index is 5.45. The zero-order valence-electron chi connectivity index (χ0n) is 11.6. The summed E-state index contributed by atoms with van der Waals surface area (Å²) in [7, 11) is 1.61. The number of benzene rings is 1. The fourth-order valence-corrected chi connectivity index (χ4v) is 1.56. The largest absolute Gasteiger partial charge is 0.494 e. The summed E-state index contributed by atoms with van der Waals surface area (Å²) < 4.78 is 16.0. The van der Waals surface area contributed by atoms with Crippen LogP contribution in [0.1, 0.15) is 26.7 Å². The van der Waals surface area contributed by atoms with Crippen molar-refractivity contribution in [3.8, 4) is 17.1 Å². The van der Waals surface area contributed by atoms with E-state index in [9.17, 15) is 0 Å². The van der Waals surface area contributed by atoms with Gasteiger partial charge >= 0.3 is 0 Å². The third-order valence-electron chi connectivity index (χ3n) is 2.85. The molecule has 5 heteroatoms. The number of hydrogen-bond acceptors (Lipinski definition) is 5. The van der Waals surface area contributed by atoms with E-state index in [0.29, 0.717) is 18.3 Å². The van der Waals surface area contributed by atoms with Crippen molar-refractivity contribution in [3.63, 3.8) is 0 Å². The molecule has 0 amide bonds. The van der Waals surface area contributed by atoms with Crippen LogP contribution < -0.4 is 4.74 Å². The van der Waals surface area contributed by atoms with E-state index >= 15 is 0 Å². The molecule has 0 N–H and O–H groups in total. The van der Waals surface area contributed by atoms with Crippen molar-refractivity contribution in [1.29, 1.82) is 0 Å². The molecule has 1 aromatic heterocycles. The Bertz CT molecular complexity index is 549. The quantitative estimate of drug-likeness (QED) is 0.829. The molecule has 0 aliphatic rings. The predicted octanol–water partition coefficient (Wildman–Crippen LogP) is 3.02. The molecule has 0 aliphatic carbocycles. The predicted molar refractivity (Wildman–Crippen MR) is 70.9 cm³/mol. The van der Waals surface area contributed by atoms with Crippen LogP contribution in [0.4, 0.5) is 0 Å². The molecule has 0 spiro atoms. The smallest absolute Gasteiger partial charge is 0.258 e. The van der Waals surface area contributed by atoms with Crippen molar-refractivity contribution in [2.24, 2.45) is 0 Å². The molecule has 2 aromatic rings. The van der Waals surface area contributed by atoms with Crippen LogP contribution in [0.15, 0.2) is 28.8 Å². The normalized spacial score (nSPS) is 11.6. The molecule has 0 bridgehead atoms. The highest BCUT2D eigenvalue weighted by Gasteiger charge is 2.27. The molecule has 0 saturated carbocycles. The van der Waals surface area contributed by atoms with Crippen LogP contribution in [0, 0.1) is 0 Å². The summed E-state index contributed by atoms with van der Waals surface area (Å²) in [6.07, 6.45) is 0. The molecule has 0 unspecified atom stereocenters. The van der Waals surface area contributed by atoms with Gasteiger partial charge in [0.25, 0.3) is 5.89 Å². The Labute approximate surface area is 112 Å². The fraction of sp³-hybridized carbons (Fsp3) is 0.429. The molecule has 19 heavy (non-hydrogen) atoms. The summed E-state index contributed by atoms with van der Waals surface area (Å²) in [4.78, 5) is 4.37. The summed E-state index contributed by atoms with van der Waals surface area (Å²) in [5.74, 6) is 1.77. The molecular weight excluding hydrogens is 244 g/mol. The van der Waals surface area contributed by atoms with Crippen LogP contribution in [0.3, 0.4) is 0 Å². The molecule has 1 aromatic carbocycles. The monoisotopic (exact) mass is 262 g/mol. The molecule has 0 atom stereocenters. The van der Waals surface area contributed by atoms with Crippen molar-refractivity contribution < 1.29 is 14.0 Å². The molecule has 0 radical (unpaired) electrons. The Morgan fingerprint density at radius 1 is 1.32 bits per heavy atom. The lowest BCUT2D eigenvalue weighted by molar-refractivity contribution is -0.00786. The van der Waals surface area contributed by atoms with E-state index in [1.54, 1.807) is 7.11 Å². The number of hydrogen-bond donors (Lipinski definition) is 0. The second-order valence-electron chi connectivity index (χ2n) is 4.60. The molecule has 102 valence electrons. The van der Waals surface area contributed by atoms with Crippen LogP contribution in [0.25, 0.3) is 11.4 Å². The molecule has 5 nitrogen and oxygen atoms in total. The lowest BCUT2D eigenvalue weighted by atomic mass is 10.1. The minimum absolute atomic E-state index is 0.451. The SMILES string of the molecule is CCOc1cccc(-c2noc(C(C)(C)OC)n2)c1. The highest BCUT2D eigenvalue weighted by atomic mass is 16.5. The number of methoxy groups -OCH3 is 1. The Hall–Kier alpha value is -1.88. The van der Waals surface area contributed by atoms with Crippen LogP contribution in [-0.2, 0) is 10.3 Å². The van der Waals surface area contributed by atoms with Crippen molar-refractivity contribution in [3.05, 3.63) is 30.2 Å². The van der Waals surface area contributed by atoms with Gasteiger partial charge in [0.2, 0.25) is 5.82 Å². The van der Waals surface area contributed by atoms with Gasteiger partial charge in [0.15, 0.2) is 0 Å². The number of nitrogens with zero attached hydrogens (tertiary/aromatic N) is 2. The first kappa shape index (κ1) is 13.5. The van der Waals surface area contributed by atoms with Gasteiger partial charge < -0.3 is 14.0 Å². The van der Waals surface area contributed by atoms with Crippen LogP contribution in [-0.4, -0.2) is 23.9 Å². The zero-order valence-corrected chi connectivity index (χ0v) is 11.6. The van der Waals surface area contributed by atoms with Crippen molar-refractivity contribution in [2.75, 3.05) is 13.7 Å². The minimum Gasteiger partial charge on any atom is -0.494 e. The Balaban J connectivity index is 2.30. The second kappa shape index (κ2) is 5.40. The van der Waals surface area contributed by atoms with E-state index in [2.05, 4.69) is 10.1 Å². The van der Waals surface area contributed by atoms with Gasteiger partial charge in [-0.1, -0.05) is 17.3 Å². The Morgan fingerprint density at radius 3 is 2.79 bits per heavy atom. The first-order valence-electron chi connectivity index (χ1n) is 6.19. The number of rotatable bonds is 5. The third-order valence-corrected chi connectivity index (χ3v) is 2.85. The van der Waals surface area contributed by atoms with Gasteiger partial charge in [-0.25, -0.2) is 0 Å². The average molecular weight is 262 g/mol. The minimum atomic E-state index is -0.594. The summed E-state index contributed by atoms with van der Waals surface area (Å²) in [5, 5.41) is 3.98. The van der Waals surface area contributed by atoms with E-state index in [1.807, 2.05) is 45.0 Å². The van der Waals surface area contributed by atoms with Gasteiger partial charge in [-0.15, -0.1) is 0 Å². The molecular formula is C14H18N2O3. The number of ether oxygens (including phenoxy) is 2. The summed E-state index contributed by atoms with van der Waals surface area (Å²) in [5.41, 5.74) is 0.260. The summed E-state index contributed by atoms with van der Waals surface area (Å²) >= 11 is 0. The highest BCUT2D eigenvalue weighted by Crippen LogP contribution is 2.26. The highest BCUT2D eigenvalue weighted by molar-refractivity contribution is 5.56. The molecule has 0 aliphatic heterocycles. The van der Waals surface area contributed by atoms with Crippen molar-refractivity contribution in [2.45, 2.75) is 26.4 Å². The maximum atomic E-state index is 5.45.